The van der Waals surface area contributed by atoms with Gasteiger partial charge in [0.25, 0.3) is 0 Å². The zero-order valence-corrected chi connectivity index (χ0v) is 21.3. The van der Waals surface area contributed by atoms with Crippen molar-refractivity contribution in [3.63, 3.8) is 0 Å². The molecule has 0 heterocycles. The molecule has 0 saturated heterocycles. The molecule has 0 spiro atoms. The molecule has 0 aromatic carbocycles. The van der Waals surface area contributed by atoms with Crippen molar-refractivity contribution in [2.75, 3.05) is 27.2 Å². The number of unbranched alkanes of at least 4 members (excludes halogenated alkanes) is 3. The van der Waals surface area contributed by atoms with Crippen molar-refractivity contribution in [1.82, 2.24) is 15.5 Å². The van der Waals surface area contributed by atoms with Crippen molar-refractivity contribution in [1.29, 1.82) is 0 Å². The highest BCUT2D eigenvalue weighted by Crippen LogP contribution is 2.11. The lowest BCUT2D eigenvalue weighted by Crippen LogP contribution is -2.48. The number of hydrogen-bond donors (Lipinski definition) is 2. The monoisotopic (exact) mass is 512 g/mol. The van der Waals surface area contributed by atoms with Crippen LogP contribution in [0.25, 0.3) is 0 Å². The topological polar surface area (TPSA) is 83.0 Å². The first kappa shape index (κ1) is 29.1. The van der Waals surface area contributed by atoms with Gasteiger partial charge in [-0.15, -0.1) is 24.0 Å². The van der Waals surface area contributed by atoms with Gasteiger partial charge in [-0.2, -0.15) is 0 Å². The van der Waals surface area contributed by atoms with Crippen LogP contribution in [0, 0.1) is 0 Å². The van der Waals surface area contributed by atoms with E-state index in [2.05, 4.69) is 15.6 Å². The van der Waals surface area contributed by atoms with Gasteiger partial charge in [0.1, 0.15) is 5.60 Å². The summed E-state index contributed by atoms with van der Waals surface area (Å²) in [5, 5.41) is 6.21. The normalized spacial score (nSPS) is 12.1. The average molecular weight is 512 g/mol. The third kappa shape index (κ3) is 17.1. The number of carbonyl (C=O) groups is 2. The molecule has 8 heteroatoms. The van der Waals surface area contributed by atoms with Gasteiger partial charge in [-0.1, -0.05) is 12.8 Å². The van der Waals surface area contributed by atoms with E-state index in [-0.39, 0.29) is 47.9 Å². The zero-order valence-electron chi connectivity index (χ0n) is 19.0. The van der Waals surface area contributed by atoms with E-state index in [0.29, 0.717) is 12.4 Å². The van der Waals surface area contributed by atoms with Crippen LogP contribution >= 0.6 is 24.0 Å². The Hall–Kier alpha value is -1.06. The Balaban J connectivity index is 0. The van der Waals surface area contributed by atoms with E-state index in [9.17, 15) is 9.59 Å². The summed E-state index contributed by atoms with van der Waals surface area (Å²) in [7, 11) is 3.56. The quantitative estimate of drug-likeness (QED) is 0.163. The Kier molecular flexibility index (Phi) is 14.6. The fourth-order valence-corrected chi connectivity index (χ4v) is 2.47. The van der Waals surface area contributed by atoms with E-state index in [1.54, 1.807) is 7.05 Å². The number of nitrogens with one attached hydrogen (secondary N) is 2. The lowest BCUT2D eigenvalue weighted by Gasteiger charge is -2.25. The molecule has 0 atom stereocenters. The largest absolute Gasteiger partial charge is 0.460 e. The molecule has 166 valence electrons. The molecule has 0 aliphatic heterocycles. The number of aliphatic imine (C=N–C) groups is 1. The van der Waals surface area contributed by atoms with Crippen LogP contribution in [0.5, 0.6) is 0 Å². The first-order valence-corrected chi connectivity index (χ1v) is 9.79. The highest BCUT2D eigenvalue weighted by molar-refractivity contribution is 14.0. The minimum atomic E-state index is -0.410. The van der Waals surface area contributed by atoms with E-state index in [1.807, 2.05) is 53.5 Å². The lowest BCUT2D eigenvalue weighted by molar-refractivity contribution is -0.154. The summed E-state index contributed by atoms with van der Waals surface area (Å²) in [6.45, 7) is 12.6. The van der Waals surface area contributed by atoms with E-state index in [0.717, 1.165) is 32.2 Å². The van der Waals surface area contributed by atoms with E-state index < -0.39 is 5.60 Å². The van der Waals surface area contributed by atoms with E-state index in [1.165, 1.54) is 0 Å². The van der Waals surface area contributed by atoms with Crippen molar-refractivity contribution in [3.05, 3.63) is 0 Å². The summed E-state index contributed by atoms with van der Waals surface area (Å²) < 4.78 is 5.29. The predicted octanol–water partition coefficient (Wildman–Crippen LogP) is 3.32. The zero-order chi connectivity index (χ0) is 21.1. The maximum Gasteiger partial charge on any atom is 0.306 e. The van der Waals surface area contributed by atoms with Gasteiger partial charge >= 0.3 is 5.97 Å². The molecule has 0 aromatic heterocycles. The van der Waals surface area contributed by atoms with Crippen LogP contribution < -0.4 is 10.6 Å². The number of hydrogen-bond acceptors (Lipinski definition) is 4. The van der Waals surface area contributed by atoms with Crippen molar-refractivity contribution >= 4 is 41.8 Å². The van der Waals surface area contributed by atoms with Crippen LogP contribution in [0.1, 0.15) is 73.6 Å². The van der Waals surface area contributed by atoms with Gasteiger partial charge in [0, 0.05) is 32.6 Å². The Labute approximate surface area is 188 Å². The molecule has 0 radical (unpaired) electrons. The average Bonchev–Trinajstić information content (AvgIpc) is 2.45. The fourth-order valence-electron chi connectivity index (χ4n) is 2.47. The maximum absolute atomic E-state index is 12.0. The smallest absolute Gasteiger partial charge is 0.306 e. The van der Waals surface area contributed by atoms with E-state index in [4.69, 9.17) is 4.74 Å². The third-order valence-corrected chi connectivity index (χ3v) is 3.48. The van der Waals surface area contributed by atoms with Gasteiger partial charge in [0.05, 0.1) is 6.54 Å². The van der Waals surface area contributed by atoms with Gasteiger partial charge in [0.15, 0.2) is 5.96 Å². The molecule has 2 N–H and O–H groups in total. The first-order chi connectivity index (χ1) is 12.3. The van der Waals surface area contributed by atoms with Gasteiger partial charge in [-0.3, -0.25) is 14.6 Å². The van der Waals surface area contributed by atoms with Crippen molar-refractivity contribution in [2.45, 2.75) is 84.8 Å². The highest BCUT2D eigenvalue weighted by Gasteiger charge is 2.17. The van der Waals surface area contributed by atoms with Crippen molar-refractivity contribution in [3.8, 4) is 0 Å². The molecule has 7 nitrogen and oxygen atoms in total. The second-order valence-electron chi connectivity index (χ2n) is 8.88. The van der Waals surface area contributed by atoms with Crippen molar-refractivity contribution < 1.29 is 14.3 Å². The van der Waals surface area contributed by atoms with Crippen LogP contribution in [0.15, 0.2) is 4.99 Å². The highest BCUT2D eigenvalue weighted by atomic mass is 127. The molecular formula is C20H41IN4O3. The second-order valence-corrected chi connectivity index (χ2v) is 8.88. The van der Waals surface area contributed by atoms with Gasteiger partial charge in [-0.25, -0.2) is 0 Å². The summed E-state index contributed by atoms with van der Waals surface area (Å²) in [6, 6.07) is 0. The molecule has 0 saturated carbocycles. The number of halogens is 1. The lowest BCUT2D eigenvalue weighted by atomic mass is 10.1. The number of likely N-dealkylation sites (N-methyl/N-ethyl adjacent to an activating group) is 1. The number of amides is 1. The van der Waals surface area contributed by atoms with Gasteiger partial charge < -0.3 is 20.3 Å². The Morgan fingerprint density at radius 1 is 1.00 bits per heavy atom. The molecule has 0 fully saturated rings. The Morgan fingerprint density at radius 3 is 2.07 bits per heavy atom. The minimum Gasteiger partial charge on any atom is -0.460 e. The van der Waals surface area contributed by atoms with Crippen LogP contribution in [0.4, 0.5) is 0 Å². The summed E-state index contributed by atoms with van der Waals surface area (Å²) in [6.07, 6.45) is 4.31. The van der Waals surface area contributed by atoms with Crippen LogP contribution in [-0.4, -0.2) is 61.1 Å². The molecule has 0 aromatic rings. The fraction of sp³-hybridized carbons (Fsp3) is 0.850. The predicted molar refractivity (Wildman–Crippen MR) is 126 cm³/mol. The summed E-state index contributed by atoms with van der Waals surface area (Å²) >= 11 is 0. The van der Waals surface area contributed by atoms with E-state index >= 15 is 0 Å². The summed E-state index contributed by atoms with van der Waals surface area (Å²) in [4.78, 5) is 29.7. The SMILES string of the molecule is CN=C(NCCCCCCC(=O)OC(C)(C)C)N(C)CC(=O)NC(C)(C)C.I. The number of rotatable bonds is 9. The summed E-state index contributed by atoms with van der Waals surface area (Å²) in [5.74, 6) is 0.541. The molecule has 0 rings (SSSR count). The number of ether oxygens (including phenoxy) is 1. The standard InChI is InChI=1S/C20H40N4O3.HI/c1-19(2,3)23-16(25)15-24(8)18(21-7)22-14-12-10-9-11-13-17(26)27-20(4,5)6;/h9-15H2,1-8H3,(H,21,22)(H,23,25);1H. The first-order valence-electron chi connectivity index (χ1n) is 9.79. The molecule has 1 amide bonds. The Morgan fingerprint density at radius 2 is 1.57 bits per heavy atom. The second kappa shape index (κ2) is 14.0. The Bertz CT molecular complexity index is 497. The number of guanidine groups is 1. The van der Waals surface area contributed by atoms with Crippen LogP contribution in [0.2, 0.25) is 0 Å². The molecular weight excluding hydrogens is 471 g/mol. The minimum absolute atomic E-state index is 0. The third-order valence-electron chi connectivity index (χ3n) is 3.48. The maximum atomic E-state index is 12.0. The number of nitrogens with zero attached hydrogens (tertiary/aromatic N) is 2. The van der Waals surface area contributed by atoms with Crippen LogP contribution in [-0.2, 0) is 14.3 Å². The van der Waals surface area contributed by atoms with Crippen molar-refractivity contribution in [2.24, 2.45) is 4.99 Å². The number of carbonyl (C=O) groups excluding carboxylic acids is 2. The number of esters is 1. The van der Waals surface area contributed by atoms with Gasteiger partial charge in [0.2, 0.25) is 5.91 Å². The summed E-state index contributed by atoms with van der Waals surface area (Å²) in [5.41, 5.74) is -0.652. The van der Waals surface area contributed by atoms with Crippen LogP contribution in [0.3, 0.4) is 0 Å². The molecule has 0 aliphatic carbocycles. The molecule has 28 heavy (non-hydrogen) atoms. The molecule has 0 unspecified atom stereocenters. The molecule has 0 bridgehead atoms. The molecule has 0 aliphatic rings. The van der Waals surface area contributed by atoms with Gasteiger partial charge in [-0.05, 0) is 54.4 Å².